The number of anilines is 1. The molecule has 138 valence electrons. The standard InChI is InChI=1S/C19H24N4O3/c1-25-13-15-11-23(19-20-8-5-9-21-19)12-16(15)18(24)22-10-14-6-3-4-7-17(14)26-2/h3-9,15-16H,10-13H2,1-2H3,(H,22,24)/t15-,16+/m0/s1. The summed E-state index contributed by atoms with van der Waals surface area (Å²) in [5.41, 5.74) is 0.952. The second-order valence-electron chi connectivity index (χ2n) is 6.31. The molecule has 1 aromatic carbocycles. The number of ether oxygens (including phenoxy) is 2. The SMILES string of the molecule is COC[C@@H]1CN(c2ncccn2)C[C@H]1C(=O)NCc1ccccc1OC. The topological polar surface area (TPSA) is 76.6 Å². The number of amides is 1. The quantitative estimate of drug-likeness (QED) is 0.810. The molecule has 1 aliphatic heterocycles. The predicted molar refractivity (Wildman–Crippen MR) is 97.9 cm³/mol. The number of hydrogen-bond donors (Lipinski definition) is 1. The number of nitrogens with one attached hydrogen (secondary N) is 1. The highest BCUT2D eigenvalue weighted by Gasteiger charge is 2.38. The van der Waals surface area contributed by atoms with Gasteiger partial charge in [0.2, 0.25) is 11.9 Å². The predicted octanol–water partition coefficient (Wildman–Crippen LogP) is 1.50. The van der Waals surface area contributed by atoms with Crippen LogP contribution in [-0.2, 0) is 16.1 Å². The molecule has 0 bridgehead atoms. The van der Waals surface area contributed by atoms with Crippen LogP contribution in [0.5, 0.6) is 5.75 Å². The molecule has 1 saturated heterocycles. The van der Waals surface area contributed by atoms with E-state index in [-0.39, 0.29) is 17.7 Å². The van der Waals surface area contributed by atoms with E-state index in [0.29, 0.717) is 32.2 Å². The van der Waals surface area contributed by atoms with Crippen molar-refractivity contribution in [1.29, 1.82) is 0 Å². The second-order valence-corrected chi connectivity index (χ2v) is 6.31. The highest BCUT2D eigenvalue weighted by molar-refractivity contribution is 5.80. The first-order valence-corrected chi connectivity index (χ1v) is 8.63. The molecular weight excluding hydrogens is 332 g/mol. The van der Waals surface area contributed by atoms with E-state index in [1.165, 1.54) is 0 Å². The minimum absolute atomic E-state index is 0.0105. The molecule has 0 aliphatic carbocycles. The summed E-state index contributed by atoms with van der Waals surface area (Å²) in [5, 5.41) is 3.03. The number of benzene rings is 1. The average Bonchev–Trinajstić information content (AvgIpc) is 3.11. The summed E-state index contributed by atoms with van der Waals surface area (Å²) >= 11 is 0. The van der Waals surface area contributed by atoms with Crippen molar-refractivity contribution in [3.63, 3.8) is 0 Å². The number of aromatic nitrogens is 2. The molecule has 2 heterocycles. The molecule has 0 spiro atoms. The zero-order valence-electron chi connectivity index (χ0n) is 15.1. The van der Waals surface area contributed by atoms with E-state index in [0.717, 1.165) is 11.3 Å². The number of para-hydroxylation sites is 1. The van der Waals surface area contributed by atoms with Crippen molar-refractivity contribution in [1.82, 2.24) is 15.3 Å². The van der Waals surface area contributed by atoms with Crippen LogP contribution in [0.4, 0.5) is 5.95 Å². The van der Waals surface area contributed by atoms with Crippen molar-refractivity contribution in [2.75, 3.05) is 38.8 Å². The van der Waals surface area contributed by atoms with E-state index < -0.39 is 0 Å². The Balaban J connectivity index is 1.66. The molecule has 2 aromatic rings. The van der Waals surface area contributed by atoms with Crippen LogP contribution in [0.1, 0.15) is 5.56 Å². The van der Waals surface area contributed by atoms with Crippen LogP contribution < -0.4 is 15.0 Å². The third-order valence-electron chi connectivity index (χ3n) is 4.64. The number of carbonyl (C=O) groups is 1. The first-order valence-electron chi connectivity index (χ1n) is 8.63. The average molecular weight is 356 g/mol. The molecule has 0 saturated carbocycles. The minimum Gasteiger partial charge on any atom is -0.496 e. The lowest BCUT2D eigenvalue weighted by molar-refractivity contribution is -0.126. The highest BCUT2D eigenvalue weighted by Crippen LogP contribution is 2.27. The van der Waals surface area contributed by atoms with Gasteiger partial charge in [0.05, 0.1) is 19.6 Å². The largest absolute Gasteiger partial charge is 0.496 e. The fourth-order valence-electron chi connectivity index (χ4n) is 3.33. The van der Waals surface area contributed by atoms with E-state index >= 15 is 0 Å². The van der Waals surface area contributed by atoms with Gasteiger partial charge in [-0.3, -0.25) is 4.79 Å². The van der Waals surface area contributed by atoms with Gasteiger partial charge in [-0.1, -0.05) is 18.2 Å². The van der Waals surface area contributed by atoms with Crippen molar-refractivity contribution in [3.8, 4) is 5.75 Å². The number of carbonyl (C=O) groups excluding carboxylic acids is 1. The molecule has 1 N–H and O–H groups in total. The molecule has 0 unspecified atom stereocenters. The van der Waals surface area contributed by atoms with Gasteiger partial charge in [0.15, 0.2) is 0 Å². The lowest BCUT2D eigenvalue weighted by atomic mass is 9.96. The maximum atomic E-state index is 12.8. The first kappa shape index (κ1) is 18.1. The minimum atomic E-state index is -0.173. The van der Waals surface area contributed by atoms with E-state index in [4.69, 9.17) is 9.47 Å². The highest BCUT2D eigenvalue weighted by atomic mass is 16.5. The third kappa shape index (κ3) is 4.11. The lowest BCUT2D eigenvalue weighted by Crippen LogP contribution is -2.36. The normalized spacial score (nSPS) is 19.4. The smallest absolute Gasteiger partial charge is 0.225 e. The maximum absolute atomic E-state index is 12.8. The molecule has 1 fully saturated rings. The Kier molecular flexibility index (Phi) is 6.01. The molecule has 3 rings (SSSR count). The van der Waals surface area contributed by atoms with Crippen LogP contribution in [0.25, 0.3) is 0 Å². The van der Waals surface area contributed by atoms with Gasteiger partial charge in [0.25, 0.3) is 0 Å². The third-order valence-corrected chi connectivity index (χ3v) is 4.64. The van der Waals surface area contributed by atoms with Gasteiger partial charge in [0.1, 0.15) is 5.75 Å². The van der Waals surface area contributed by atoms with Crippen molar-refractivity contribution < 1.29 is 14.3 Å². The van der Waals surface area contributed by atoms with Gasteiger partial charge in [-0.25, -0.2) is 9.97 Å². The van der Waals surface area contributed by atoms with Gasteiger partial charge in [0, 0.05) is 50.6 Å². The summed E-state index contributed by atoms with van der Waals surface area (Å²) in [6.45, 7) is 2.23. The molecule has 26 heavy (non-hydrogen) atoms. The first-order chi connectivity index (χ1) is 12.7. The van der Waals surface area contributed by atoms with Crippen LogP contribution in [0, 0.1) is 11.8 Å². The molecular formula is C19H24N4O3. The van der Waals surface area contributed by atoms with Crippen molar-refractivity contribution in [2.45, 2.75) is 6.54 Å². The van der Waals surface area contributed by atoms with Gasteiger partial charge < -0.3 is 19.7 Å². The zero-order chi connectivity index (χ0) is 18.4. The molecule has 7 heteroatoms. The van der Waals surface area contributed by atoms with Crippen LogP contribution in [0.2, 0.25) is 0 Å². The summed E-state index contributed by atoms with van der Waals surface area (Å²) in [7, 11) is 3.29. The van der Waals surface area contributed by atoms with Crippen LogP contribution in [0.3, 0.4) is 0 Å². The van der Waals surface area contributed by atoms with Crippen molar-refractivity contribution >= 4 is 11.9 Å². The number of methoxy groups -OCH3 is 2. The van der Waals surface area contributed by atoms with Crippen molar-refractivity contribution in [3.05, 3.63) is 48.3 Å². The molecule has 0 radical (unpaired) electrons. The lowest BCUT2D eigenvalue weighted by Gasteiger charge is -2.17. The molecule has 1 aliphatic rings. The molecule has 1 amide bonds. The summed E-state index contributed by atoms with van der Waals surface area (Å²) in [5.74, 6) is 1.35. The number of hydrogen-bond acceptors (Lipinski definition) is 6. The van der Waals surface area contributed by atoms with Crippen LogP contribution >= 0.6 is 0 Å². The summed E-state index contributed by atoms with van der Waals surface area (Å²) in [6, 6.07) is 9.46. The van der Waals surface area contributed by atoms with Gasteiger partial charge in [-0.05, 0) is 12.1 Å². The Morgan fingerprint density at radius 3 is 2.69 bits per heavy atom. The van der Waals surface area contributed by atoms with Crippen molar-refractivity contribution in [2.24, 2.45) is 11.8 Å². The molecule has 7 nitrogen and oxygen atoms in total. The summed E-state index contributed by atoms with van der Waals surface area (Å²) in [4.78, 5) is 23.4. The molecule has 2 atom stereocenters. The Hall–Kier alpha value is -2.67. The fourth-order valence-corrected chi connectivity index (χ4v) is 3.33. The summed E-state index contributed by atoms with van der Waals surface area (Å²) < 4.78 is 10.7. The maximum Gasteiger partial charge on any atom is 0.225 e. The van der Waals surface area contributed by atoms with E-state index in [1.807, 2.05) is 29.2 Å². The van der Waals surface area contributed by atoms with E-state index in [9.17, 15) is 4.79 Å². The van der Waals surface area contributed by atoms with Gasteiger partial charge in [-0.2, -0.15) is 0 Å². The molecule has 1 aromatic heterocycles. The van der Waals surface area contributed by atoms with Gasteiger partial charge >= 0.3 is 0 Å². The van der Waals surface area contributed by atoms with Crippen LogP contribution in [0.15, 0.2) is 42.7 Å². The van der Waals surface area contributed by atoms with Gasteiger partial charge in [-0.15, -0.1) is 0 Å². The van der Waals surface area contributed by atoms with Crippen LogP contribution in [-0.4, -0.2) is 49.8 Å². The Morgan fingerprint density at radius 1 is 1.19 bits per heavy atom. The summed E-state index contributed by atoms with van der Waals surface area (Å²) in [6.07, 6.45) is 3.42. The number of rotatable bonds is 7. The fraction of sp³-hybridized carbons (Fsp3) is 0.421. The monoisotopic (exact) mass is 356 g/mol. The number of nitrogens with zero attached hydrogens (tertiary/aromatic N) is 3. The Morgan fingerprint density at radius 2 is 1.96 bits per heavy atom. The van der Waals surface area contributed by atoms with E-state index in [2.05, 4.69) is 15.3 Å². The second kappa shape index (κ2) is 8.62. The Labute approximate surface area is 153 Å². The van der Waals surface area contributed by atoms with E-state index in [1.54, 1.807) is 32.7 Å². The Bertz CT molecular complexity index is 726. The zero-order valence-corrected chi connectivity index (χ0v) is 15.1.